The standard InChI is InChI=1S/C22H24N8O2/c1-28-18-17(27-20(28)21(31)25-13-6-7-13)19(24-12-23-18)29-10-8-14(9-11-29)30-16-5-3-2-4-15(16)26-22(30)32/h2-5,12-14H,6-11H2,1H3,(H,25,31)(H,26,32). The lowest BCUT2D eigenvalue weighted by Gasteiger charge is -2.33. The molecule has 3 aromatic heterocycles. The average molecular weight is 432 g/mol. The Morgan fingerprint density at radius 3 is 2.69 bits per heavy atom. The van der Waals surface area contributed by atoms with E-state index in [-0.39, 0.29) is 23.7 Å². The molecule has 2 aliphatic rings. The number of carbonyl (C=O) groups is 1. The van der Waals surface area contributed by atoms with Gasteiger partial charge in [0.2, 0.25) is 5.82 Å². The van der Waals surface area contributed by atoms with Crippen molar-refractivity contribution in [1.82, 2.24) is 34.4 Å². The van der Waals surface area contributed by atoms with Crippen LogP contribution in [0.1, 0.15) is 42.3 Å². The summed E-state index contributed by atoms with van der Waals surface area (Å²) < 4.78 is 3.61. The van der Waals surface area contributed by atoms with E-state index in [1.807, 2.05) is 35.9 Å². The van der Waals surface area contributed by atoms with E-state index in [0.29, 0.717) is 17.0 Å². The number of anilines is 1. The lowest BCUT2D eigenvalue weighted by atomic mass is 10.0. The van der Waals surface area contributed by atoms with Gasteiger partial charge in [-0.3, -0.25) is 9.36 Å². The number of nitrogens with zero attached hydrogens (tertiary/aromatic N) is 6. The summed E-state index contributed by atoms with van der Waals surface area (Å²) in [6, 6.07) is 8.18. The van der Waals surface area contributed by atoms with E-state index in [1.165, 1.54) is 6.33 Å². The molecule has 1 aliphatic carbocycles. The maximum absolute atomic E-state index is 12.6. The monoisotopic (exact) mass is 432 g/mol. The number of aryl methyl sites for hydroxylation is 1. The number of imidazole rings is 2. The molecule has 10 nitrogen and oxygen atoms in total. The van der Waals surface area contributed by atoms with Gasteiger partial charge in [0.1, 0.15) is 6.33 Å². The first-order chi connectivity index (χ1) is 15.6. The summed E-state index contributed by atoms with van der Waals surface area (Å²) >= 11 is 0. The van der Waals surface area contributed by atoms with Crippen LogP contribution in [0, 0.1) is 0 Å². The number of carbonyl (C=O) groups excluding carboxylic acids is 1. The van der Waals surface area contributed by atoms with E-state index in [9.17, 15) is 9.59 Å². The SMILES string of the molecule is Cn1c(C(=O)NC2CC2)nc2c(N3CCC(n4c(=O)[nH]c5ccccc54)CC3)ncnc21. The van der Waals surface area contributed by atoms with Gasteiger partial charge in [0.15, 0.2) is 17.0 Å². The van der Waals surface area contributed by atoms with E-state index < -0.39 is 0 Å². The molecule has 1 aromatic carbocycles. The lowest BCUT2D eigenvalue weighted by molar-refractivity contribution is 0.0938. The first-order valence-electron chi connectivity index (χ1n) is 11.0. The van der Waals surface area contributed by atoms with E-state index in [1.54, 1.807) is 4.57 Å². The molecule has 2 N–H and O–H groups in total. The third-order valence-corrected chi connectivity index (χ3v) is 6.51. The fourth-order valence-corrected chi connectivity index (χ4v) is 4.67. The highest BCUT2D eigenvalue weighted by Crippen LogP contribution is 2.30. The van der Waals surface area contributed by atoms with E-state index in [4.69, 9.17) is 0 Å². The number of fused-ring (bicyclic) bond motifs is 2. The fourth-order valence-electron chi connectivity index (χ4n) is 4.67. The van der Waals surface area contributed by atoms with Crippen molar-refractivity contribution in [3.05, 3.63) is 46.9 Å². The summed E-state index contributed by atoms with van der Waals surface area (Å²) in [5.41, 5.74) is 3.02. The minimum atomic E-state index is -0.170. The van der Waals surface area contributed by atoms with Crippen molar-refractivity contribution in [2.45, 2.75) is 37.8 Å². The molecule has 6 rings (SSSR count). The van der Waals surface area contributed by atoms with Crippen LogP contribution in [0.5, 0.6) is 0 Å². The Kier molecular flexibility index (Phi) is 4.27. The summed E-state index contributed by atoms with van der Waals surface area (Å²) in [4.78, 5) is 43.8. The number of hydrogen-bond donors (Lipinski definition) is 2. The molecule has 1 aliphatic heterocycles. The Balaban J connectivity index is 1.27. The molecule has 1 saturated heterocycles. The topological polar surface area (TPSA) is 114 Å². The van der Waals surface area contributed by atoms with Crippen LogP contribution in [-0.4, -0.2) is 54.1 Å². The molecule has 164 valence electrons. The smallest absolute Gasteiger partial charge is 0.326 e. The number of piperidine rings is 1. The lowest BCUT2D eigenvalue weighted by Crippen LogP contribution is -2.37. The van der Waals surface area contributed by atoms with Crippen molar-refractivity contribution in [3.8, 4) is 0 Å². The third-order valence-electron chi connectivity index (χ3n) is 6.51. The molecule has 0 atom stereocenters. The van der Waals surface area contributed by atoms with Crippen molar-refractivity contribution >= 4 is 33.9 Å². The van der Waals surface area contributed by atoms with E-state index in [2.05, 4.69) is 30.2 Å². The zero-order chi connectivity index (χ0) is 21.8. The highest BCUT2D eigenvalue weighted by Gasteiger charge is 2.29. The largest absolute Gasteiger partial charge is 0.355 e. The Labute approximate surface area is 183 Å². The summed E-state index contributed by atoms with van der Waals surface area (Å²) in [6.07, 6.45) is 5.20. The highest BCUT2D eigenvalue weighted by atomic mass is 16.2. The second-order valence-electron chi connectivity index (χ2n) is 8.65. The summed E-state index contributed by atoms with van der Waals surface area (Å²) in [5, 5.41) is 2.99. The minimum Gasteiger partial charge on any atom is -0.355 e. The van der Waals surface area contributed by atoms with Crippen LogP contribution in [0.4, 0.5) is 5.82 Å². The maximum Gasteiger partial charge on any atom is 0.326 e. The van der Waals surface area contributed by atoms with Gasteiger partial charge < -0.3 is 19.8 Å². The molecule has 0 bridgehead atoms. The number of hydrogen-bond acceptors (Lipinski definition) is 6. The number of H-pyrrole nitrogens is 1. The van der Waals surface area contributed by atoms with Gasteiger partial charge in [0.25, 0.3) is 5.91 Å². The van der Waals surface area contributed by atoms with Gasteiger partial charge in [-0.1, -0.05) is 12.1 Å². The van der Waals surface area contributed by atoms with Gasteiger partial charge in [-0.15, -0.1) is 0 Å². The number of nitrogens with one attached hydrogen (secondary N) is 2. The molecular formula is C22H24N8O2. The van der Waals surface area contributed by atoms with Crippen molar-refractivity contribution in [2.24, 2.45) is 7.05 Å². The Morgan fingerprint density at radius 2 is 1.91 bits per heavy atom. The number of aromatic nitrogens is 6. The Bertz CT molecular complexity index is 1390. The summed E-state index contributed by atoms with van der Waals surface area (Å²) in [5.74, 6) is 0.922. The third kappa shape index (κ3) is 3.05. The number of amides is 1. The quantitative estimate of drug-likeness (QED) is 0.508. The van der Waals surface area contributed by atoms with Gasteiger partial charge >= 0.3 is 5.69 Å². The normalized spacial score (nSPS) is 17.3. The number of para-hydroxylation sites is 2. The molecule has 1 saturated carbocycles. The first-order valence-corrected chi connectivity index (χ1v) is 11.0. The van der Waals surface area contributed by atoms with Gasteiger partial charge in [-0.05, 0) is 37.8 Å². The molecule has 0 radical (unpaired) electrons. The molecule has 2 fully saturated rings. The van der Waals surface area contributed by atoms with Crippen LogP contribution in [0.15, 0.2) is 35.4 Å². The van der Waals surface area contributed by atoms with Gasteiger partial charge in [0.05, 0.1) is 11.0 Å². The molecule has 32 heavy (non-hydrogen) atoms. The molecule has 10 heteroatoms. The first kappa shape index (κ1) is 19.0. The van der Waals surface area contributed by atoms with E-state index >= 15 is 0 Å². The van der Waals surface area contributed by atoms with Crippen molar-refractivity contribution in [1.29, 1.82) is 0 Å². The van der Waals surface area contributed by atoms with Gasteiger partial charge in [-0.25, -0.2) is 19.7 Å². The fraction of sp³-hybridized carbons (Fsp3) is 0.409. The number of rotatable bonds is 4. The van der Waals surface area contributed by atoms with Crippen LogP contribution in [0.25, 0.3) is 22.2 Å². The minimum absolute atomic E-state index is 0.0647. The zero-order valence-corrected chi connectivity index (χ0v) is 17.8. The molecule has 1 amide bonds. The van der Waals surface area contributed by atoms with Gasteiger partial charge in [-0.2, -0.15) is 0 Å². The maximum atomic E-state index is 12.6. The van der Waals surface area contributed by atoms with Crippen LogP contribution >= 0.6 is 0 Å². The van der Waals surface area contributed by atoms with Gasteiger partial charge in [0, 0.05) is 32.2 Å². The van der Waals surface area contributed by atoms with Crippen molar-refractivity contribution in [2.75, 3.05) is 18.0 Å². The number of aromatic amines is 1. The molecule has 4 heterocycles. The number of benzene rings is 1. The van der Waals surface area contributed by atoms with E-state index in [0.717, 1.165) is 55.6 Å². The highest BCUT2D eigenvalue weighted by molar-refractivity contribution is 5.96. The van der Waals surface area contributed by atoms with Crippen LogP contribution in [-0.2, 0) is 7.05 Å². The van der Waals surface area contributed by atoms with Crippen LogP contribution < -0.4 is 15.9 Å². The zero-order valence-electron chi connectivity index (χ0n) is 17.8. The van der Waals surface area contributed by atoms with Crippen LogP contribution in [0.2, 0.25) is 0 Å². The van der Waals surface area contributed by atoms with Crippen molar-refractivity contribution < 1.29 is 4.79 Å². The second kappa shape index (κ2) is 7.18. The Morgan fingerprint density at radius 1 is 1.12 bits per heavy atom. The Hall–Kier alpha value is -3.69. The molecule has 0 spiro atoms. The van der Waals surface area contributed by atoms with Crippen molar-refractivity contribution in [3.63, 3.8) is 0 Å². The predicted molar refractivity (Wildman–Crippen MR) is 120 cm³/mol. The molecular weight excluding hydrogens is 408 g/mol. The summed E-state index contributed by atoms with van der Waals surface area (Å²) in [6.45, 7) is 1.48. The summed E-state index contributed by atoms with van der Waals surface area (Å²) in [7, 11) is 1.81. The van der Waals surface area contributed by atoms with Crippen LogP contribution in [0.3, 0.4) is 0 Å². The molecule has 4 aromatic rings. The molecule has 0 unspecified atom stereocenters. The average Bonchev–Trinajstić information content (AvgIpc) is 3.46. The second-order valence-corrected chi connectivity index (χ2v) is 8.65. The predicted octanol–water partition coefficient (Wildman–Crippen LogP) is 1.74.